The molecule has 4 rings (SSSR count). The normalized spacial score (nSPS) is 10.7. The fourth-order valence-electron chi connectivity index (χ4n) is 3.25. The van der Waals surface area contributed by atoms with Crippen molar-refractivity contribution in [3.05, 3.63) is 76.8 Å². The third-order valence-corrected chi connectivity index (χ3v) is 6.12. The Kier molecular flexibility index (Phi) is 7.05. The highest BCUT2D eigenvalue weighted by atomic mass is 32.1. The Hall–Kier alpha value is -3.95. The zero-order valence-corrected chi connectivity index (χ0v) is 19.5. The summed E-state index contributed by atoms with van der Waals surface area (Å²) in [5, 5.41) is 17.2. The number of pyridine rings is 1. The van der Waals surface area contributed by atoms with E-state index < -0.39 is 0 Å². The van der Waals surface area contributed by atoms with E-state index in [4.69, 9.17) is 9.84 Å². The first-order chi connectivity index (χ1) is 16.4. The van der Waals surface area contributed by atoms with Gasteiger partial charge in [0.25, 0.3) is 5.91 Å². The van der Waals surface area contributed by atoms with Crippen molar-refractivity contribution in [1.82, 2.24) is 10.3 Å². The molecule has 0 aliphatic rings. The van der Waals surface area contributed by atoms with Crippen molar-refractivity contribution < 1.29 is 19.4 Å². The molecule has 34 heavy (non-hydrogen) atoms. The quantitative estimate of drug-likeness (QED) is 0.297. The maximum Gasteiger partial charge on any atom is 0.323 e. The predicted octanol–water partition coefficient (Wildman–Crippen LogP) is 5.07. The van der Waals surface area contributed by atoms with E-state index in [0.29, 0.717) is 27.6 Å². The number of carbonyl (C=O) groups is 2. The molecule has 0 radical (unpaired) electrons. The topological polar surface area (TPSA) is 113 Å². The molecule has 4 N–H and O–H groups in total. The number of thiophene rings is 1. The smallest absolute Gasteiger partial charge is 0.323 e. The summed E-state index contributed by atoms with van der Waals surface area (Å²) >= 11 is 1.27. The number of rotatable bonds is 7. The lowest BCUT2D eigenvalue weighted by atomic mass is 10.1. The molecule has 0 saturated heterocycles. The van der Waals surface area contributed by atoms with Crippen LogP contribution in [0.15, 0.2) is 60.8 Å². The molecule has 0 aliphatic carbocycles. The minimum absolute atomic E-state index is 0.124. The third-order valence-electron chi connectivity index (χ3n) is 4.98. The Morgan fingerprint density at radius 3 is 2.59 bits per heavy atom. The molecule has 8 nitrogen and oxygen atoms in total. The van der Waals surface area contributed by atoms with Gasteiger partial charge in [-0.25, -0.2) is 4.79 Å². The van der Waals surface area contributed by atoms with Gasteiger partial charge in [0.15, 0.2) is 0 Å². The average molecular weight is 477 g/mol. The van der Waals surface area contributed by atoms with Crippen molar-refractivity contribution in [3.8, 4) is 11.5 Å². The monoisotopic (exact) mass is 476 g/mol. The third kappa shape index (κ3) is 5.51. The van der Waals surface area contributed by atoms with Gasteiger partial charge in [0.1, 0.15) is 11.5 Å². The summed E-state index contributed by atoms with van der Waals surface area (Å²) in [7, 11) is 0. The molecule has 174 valence electrons. The van der Waals surface area contributed by atoms with E-state index in [1.807, 2.05) is 32.0 Å². The number of fused-ring (bicyclic) bond motifs is 1. The molecule has 2 aromatic carbocycles. The molecule has 9 heteroatoms. The van der Waals surface area contributed by atoms with Gasteiger partial charge in [0.2, 0.25) is 0 Å². The number of aliphatic hydroxyl groups excluding tert-OH is 1. The number of ether oxygens (including phenoxy) is 1. The van der Waals surface area contributed by atoms with Gasteiger partial charge in [-0.1, -0.05) is 12.1 Å². The Labute approximate surface area is 200 Å². The van der Waals surface area contributed by atoms with Crippen molar-refractivity contribution in [1.29, 1.82) is 0 Å². The number of urea groups is 1. The zero-order valence-electron chi connectivity index (χ0n) is 18.7. The van der Waals surface area contributed by atoms with Crippen LogP contribution in [0.4, 0.5) is 16.2 Å². The number of anilines is 2. The molecule has 0 bridgehead atoms. The summed E-state index contributed by atoms with van der Waals surface area (Å²) in [6.07, 6.45) is 1.62. The Morgan fingerprint density at radius 1 is 1.03 bits per heavy atom. The minimum Gasteiger partial charge on any atom is -0.456 e. The molecule has 0 aliphatic heterocycles. The molecule has 3 amide bonds. The second-order valence-corrected chi connectivity index (χ2v) is 8.69. The number of aryl methyl sites for hydroxylation is 2. The maximum absolute atomic E-state index is 12.4. The van der Waals surface area contributed by atoms with E-state index in [9.17, 15) is 9.59 Å². The molecular weight excluding hydrogens is 452 g/mol. The number of aromatic nitrogens is 1. The lowest BCUT2D eigenvalue weighted by Crippen LogP contribution is -2.25. The molecule has 0 fully saturated rings. The van der Waals surface area contributed by atoms with Gasteiger partial charge in [0.05, 0.1) is 21.7 Å². The second-order valence-electron chi connectivity index (χ2n) is 7.64. The van der Waals surface area contributed by atoms with Gasteiger partial charge in [-0.15, -0.1) is 11.3 Å². The number of nitrogens with one attached hydrogen (secondary N) is 3. The highest BCUT2D eigenvalue weighted by Gasteiger charge is 2.14. The van der Waals surface area contributed by atoms with Gasteiger partial charge >= 0.3 is 6.03 Å². The number of nitrogens with zero attached hydrogens (tertiary/aromatic N) is 1. The van der Waals surface area contributed by atoms with Crippen LogP contribution < -0.4 is 20.7 Å². The van der Waals surface area contributed by atoms with E-state index in [1.54, 1.807) is 42.6 Å². The molecule has 0 unspecified atom stereocenters. The predicted molar refractivity (Wildman–Crippen MR) is 134 cm³/mol. The highest BCUT2D eigenvalue weighted by molar-refractivity contribution is 7.21. The lowest BCUT2D eigenvalue weighted by molar-refractivity contribution is 0.0949. The van der Waals surface area contributed by atoms with Crippen molar-refractivity contribution >= 4 is 44.9 Å². The molecule has 0 saturated carbocycles. The lowest BCUT2D eigenvalue weighted by Gasteiger charge is -2.11. The number of benzene rings is 2. The molecular formula is C25H24N4O4S. The first-order valence-corrected chi connectivity index (χ1v) is 11.5. The van der Waals surface area contributed by atoms with Gasteiger partial charge in [-0.2, -0.15) is 0 Å². The van der Waals surface area contributed by atoms with Gasteiger partial charge in [0, 0.05) is 30.2 Å². The van der Waals surface area contributed by atoms with Crippen LogP contribution in [0.3, 0.4) is 0 Å². The van der Waals surface area contributed by atoms with E-state index in [2.05, 4.69) is 20.9 Å². The number of amides is 3. The fourth-order valence-corrected chi connectivity index (χ4v) is 4.23. The van der Waals surface area contributed by atoms with Crippen LogP contribution in [-0.2, 0) is 0 Å². The van der Waals surface area contributed by atoms with E-state index >= 15 is 0 Å². The summed E-state index contributed by atoms with van der Waals surface area (Å²) in [4.78, 5) is 29.4. The zero-order chi connectivity index (χ0) is 24.1. The van der Waals surface area contributed by atoms with Crippen LogP contribution >= 0.6 is 11.3 Å². The van der Waals surface area contributed by atoms with E-state index in [0.717, 1.165) is 21.5 Å². The van der Waals surface area contributed by atoms with E-state index in [-0.39, 0.29) is 25.1 Å². The second kappa shape index (κ2) is 10.3. The first-order valence-electron chi connectivity index (χ1n) is 10.6. The van der Waals surface area contributed by atoms with Crippen molar-refractivity contribution in [3.63, 3.8) is 0 Å². The van der Waals surface area contributed by atoms with Crippen molar-refractivity contribution in [2.75, 3.05) is 23.8 Å². The molecule has 2 aromatic heterocycles. The van der Waals surface area contributed by atoms with Crippen LogP contribution in [0.2, 0.25) is 0 Å². The van der Waals surface area contributed by atoms with Gasteiger partial charge < -0.3 is 25.8 Å². The number of hydrogen-bond donors (Lipinski definition) is 4. The SMILES string of the molecule is Cc1ccc(C)c(NC(=O)Nc2ccc(Oc3ccnc4cc(C(=O)NCCO)sc34)cc2)c1. The Balaban J connectivity index is 1.43. The molecule has 4 aromatic rings. The van der Waals surface area contributed by atoms with Crippen LogP contribution in [0.5, 0.6) is 11.5 Å². The number of aliphatic hydroxyl groups is 1. The van der Waals surface area contributed by atoms with Gasteiger partial charge in [-0.3, -0.25) is 9.78 Å². The fraction of sp³-hybridized carbons (Fsp3) is 0.160. The first kappa shape index (κ1) is 23.2. The summed E-state index contributed by atoms with van der Waals surface area (Å²) in [5.74, 6) is 0.884. The maximum atomic E-state index is 12.4. The van der Waals surface area contributed by atoms with Crippen molar-refractivity contribution in [2.45, 2.75) is 13.8 Å². The Bertz CT molecular complexity index is 1330. The highest BCUT2D eigenvalue weighted by Crippen LogP contribution is 2.35. The van der Waals surface area contributed by atoms with Crippen LogP contribution in [0.25, 0.3) is 10.2 Å². The molecule has 2 heterocycles. The summed E-state index contributed by atoms with van der Waals surface area (Å²) in [6, 6.07) is 16.0. The standard InChI is InChI=1S/C25H24N4O4S/c1-15-3-4-16(2)19(13-15)29-25(32)28-17-5-7-18(8-6-17)33-21-9-10-26-20-14-22(34-23(20)21)24(31)27-11-12-30/h3-10,13-14,30H,11-12H2,1-2H3,(H,27,31)(H2,28,29,32). The van der Waals surface area contributed by atoms with Crippen LogP contribution in [-0.4, -0.2) is 35.2 Å². The molecule has 0 spiro atoms. The largest absolute Gasteiger partial charge is 0.456 e. The van der Waals surface area contributed by atoms with Gasteiger partial charge in [-0.05, 0) is 61.4 Å². The number of carbonyl (C=O) groups excluding carboxylic acids is 2. The molecule has 0 atom stereocenters. The Morgan fingerprint density at radius 2 is 1.82 bits per heavy atom. The van der Waals surface area contributed by atoms with Crippen molar-refractivity contribution in [2.24, 2.45) is 0 Å². The minimum atomic E-state index is -0.330. The summed E-state index contributed by atoms with van der Waals surface area (Å²) < 4.78 is 6.76. The van der Waals surface area contributed by atoms with Crippen LogP contribution in [0, 0.1) is 13.8 Å². The van der Waals surface area contributed by atoms with Crippen LogP contribution in [0.1, 0.15) is 20.8 Å². The number of hydrogen-bond acceptors (Lipinski definition) is 6. The summed E-state index contributed by atoms with van der Waals surface area (Å²) in [5.41, 5.74) is 4.08. The summed E-state index contributed by atoms with van der Waals surface area (Å²) in [6.45, 7) is 3.98. The average Bonchev–Trinajstić information content (AvgIpc) is 3.27. The van der Waals surface area contributed by atoms with E-state index in [1.165, 1.54) is 11.3 Å².